The van der Waals surface area contributed by atoms with Crippen molar-refractivity contribution in [1.82, 2.24) is 0 Å². The van der Waals surface area contributed by atoms with Crippen molar-refractivity contribution in [2.75, 3.05) is 0 Å². The van der Waals surface area contributed by atoms with Crippen LogP contribution in [0.1, 0.15) is 219 Å². The molecule has 0 amide bonds. The highest BCUT2D eigenvalue weighted by molar-refractivity contribution is 5.69. The Morgan fingerprint density at radius 3 is 1.07 bits per heavy atom. The molecule has 0 saturated heterocycles. The average Bonchev–Trinajstić information content (AvgIpc) is 2.95. The van der Waals surface area contributed by atoms with Crippen LogP contribution in [0.15, 0.2) is 0 Å². The molecule has 1 N–H and O–H groups in total. The minimum atomic E-state index is -0.690. The van der Waals surface area contributed by atoms with E-state index in [-0.39, 0.29) is 18.5 Å². The molecule has 0 radical (unpaired) electrons. The first-order chi connectivity index (χ1) is 20.1. The van der Waals surface area contributed by atoms with Gasteiger partial charge >= 0.3 is 11.9 Å². The monoisotopic (exact) mass is 581 g/mol. The zero-order chi connectivity index (χ0) is 30.1. The molecule has 0 aliphatic rings. The van der Waals surface area contributed by atoms with E-state index in [9.17, 15) is 9.59 Å². The second-order valence-corrected chi connectivity index (χ2v) is 12.8. The predicted molar refractivity (Wildman–Crippen MR) is 177 cm³/mol. The number of rotatable bonds is 34. The number of esters is 1. The molecule has 0 aromatic rings. The van der Waals surface area contributed by atoms with Crippen LogP contribution in [0.4, 0.5) is 0 Å². The van der Waals surface area contributed by atoms with Gasteiger partial charge in [-0.05, 0) is 38.5 Å². The third kappa shape index (κ3) is 33.3. The van der Waals surface area contributed by atoms with Gasteiger partial charge in [-0.1, -0.05) is 168 Å². The molecule has 0 aromatic heterocycles. The molecule has 1 unspecified atom stereocenters. The lowest BCUT2D eigenvalue weighted by molar-refractivity contribution is -0.150. The van der Waals surface area contributed by atoms with Crippen LogP contribution < -0.4 is 0 Å². The molecule has 1 atom stereocenters. The number of hydrogen-bond acceptors (Lipinski definition) is 3. The number of carbonyl (C=O) groups is 2. The smallest absolute Gasteiger partial charge is 0.306 e. The zero-order valence-electron chi connectivity index (χ0n) is 27.9. The number of carbonyl (C=O) groups excluding carboxylic acids is 1. The molecule has 0 saturated carbocycles. The lowest BCUT2D eigenvalue weighted by Crippen LogP contribution is -2.18. The van der Waals surface area contributed by atoms with Crippen LogP contribution in [0.25, 0.3) is 0 Å². The molecule has 4 nitrogen and oxygen atoms in total. The maximum absolute atomic E-state index is 12.6. The molecule has 0 rings (SSSR count). The highest BCUT2D eigenvalue weighted by Gasteiger charge is 2.14. The molecule has 0 bridgehead atoms. The fourth-order valence-corrected chi connectivity index (χ4v) is 5.83. The van der Waals surface area contributed by atoms with Crippen molar-refractivity contribution < 1.29 is 19.4 Å². The summed E-state index contributed by atoms with van der Waals surface area (Å²) in [6.45, 7) is 4.54. The average molecular weight is 581 g/mol. The van der Waals surface area contributed by atoms with Gasteiger partial charge in [-0.3, -0.25) is 9.59 Å². The first-order valence-electron chi connectivity index (χ1n) is 18.5. The number of carboxylic acid groups (broad SMARTS) is 1. The van der Waals surface area contributed by atoms with Crippen molar-refractivity contribution in [2.24, 2.45) is 0 Å². The first kappa shape index (κ1) is 39.9. The highest BCUT2D eigenvalue weighted by atomic mass is 16.5. The summed E-state index contributed by atoms with van der Waals surface area (Å²) < 4.78 is 5.99. The van der Waals surface area contributed by atoms with Crippen LogP contribution in [0.5, 0.6) is 0 Å². The molecule has 0 heterocycles. The molecule has 0 fully saturated rings. The Morgan fingerprint density at radius 2 is 0.732 bits per heavy atom. The molecule has 244 valence electrons. The van der Waals surface area contributed by atoms with Crippen molar-refractivity contribution >= 4 is 11.9 Å². The van der Waals surface area contributed by atoms with Crippen LogP contribution >= 0.6 is 0 Å². The summed E-state index contributed by atoms with van der Waals surface area (Å²) in [6, 6.07) is 0. The predicted octanol–water partition coefficient (Wildman–Crippen LogP) is 12.5. The van der Waals surface area contributed by atoms with E-state index >= 15 is 0 Å². The molecular weight excluding hydrogens is 508 g/mol. The van der Waals surface area contributed by atoms with Crippen LogP contribution in [0, 0.1) is 0 Å². The van der Waals surface area contributed by atoms with Crippen LogP contribution in [-0.2, 0) is 14.3 Å². The molecule has 4 heteroatoms. The van der Waals surface area contributed by atoms with E-state index in [2.05, 4.69) is 13.8 Å². The lowest BCUT2D eigenvalue weighted by atomic mass is 10.0. The van der Waals surface area contributed by atoms with Crippen molar-refractivity contribution in [1.29, 1.82) is 0 Å². The standard InChI is InChI=1S/C37H72O4/c1-3-5-7-9-11-13-14-15-16-17-18-20-26-30-34-37(40)41-35(31-27-23-19-12-10-8-6-4-2)32-28-24-21-22-25-29-33-36(38)39/h35H,3-34H2,1-2H3,(H,38,39). The molecule has 0 aliphatic carbocycles. The van der Waals surface area contributed by atoms with Gasteiger partial charge < -0.3 is 9.84 Å². The van der Waals surface area contributed by atoms with Gasteiger partial charge in [0, 0.05) is 12.8 Å². The Morgan fingerprint density at radius 1 is 0.439 bits per heavy atom. The van der Waals surface area contributed by atoms with E-state index in [0.717, 1.165) is 64.2 Å². The summed E-state index contributed by atoms with van der Waals surface area (Å²) in [4.78, 5) is 23.2. The van der Waals surface area contributed by atoms with Crippen LogP contribution in [-0.4, -0.2) is 23.1 Å². The fourth-order valence-electron chi connectivity index (χ4n) is 5.83. The maximum atomic E-state index is 12.6. The summed E-state index contributed by atoms with van der Waals surface area (Å²) in [6.07, 6.45) is 38.3. The van der Waals surface area contributed by atoms with Crippen LogP contribution in [0.2, 0.25) is 0 Å². The van der Waals surface area contributed by atoms with E-state index in [4.69, 9.17) is 9.84 Å². The summed E-state index contributed by atoms with van der Waals surface area (Å²) in [5.41, 5.74) is 0. The second kappa shape index (κ2) is 33.4. The van der Waals surface area contributed by atoms with Gasteiger partial charge in [0.25, 0.3) is 0 Å². The molecule has 0 aliphatic heterocycles. The highest BCUT2D eigenvalue weighted by Crippen LogP contribution is 2.19. The molecular formula is C37H72O4. The van der Waals surface area contributed by atoms with Gasteiger partial charge in [0.15, 0.2) is 0 Å². The first-order valence-corrected chi connectivity index (χ1v) is 18.5. The Balaban J connectivity index is 3.96. The lowest BCUT2D eigenvalue weighted by Gasteiger charge is -2.18. The largest absolute Gasteiger partial charge is 0.481 e. The third-order valence-electron chi connectivity index (χ3n) is 8.58. The zero-order valence-corrected chi connectivity index (χ0v) is 27.9. The van der Waals surface area contributed by atoms with E-state index in [1.54, 1.807) is 0 Å². The van der Waals surface area contributed by atoms with Crippen molar-refractivity contribution in [3.05, 3.63) is 0 Å². The number of ether oxygens (including phenoxy) is 1. The van der Waals surface area contributed by atoms with Gasteiger partial charge in [0.2, 0.25) is 0 Å². The third-order valence-corrected chi connectivity index (χ3v) is 8.58. The summed E-state index contributed by atoms with van der Waals surface area (Å²) >= 11 is 0. The maximum Gasteiger partial charge on any atom is 0.306 e. The quantitative estimate of drug-likeness (QED) is 0.0607. The number of aliphatic carboxylic acids is 1. The summed E-state index contributed by atoms with van der Waals surface area (Å²) in [5, 5.41) is 8.76. The van der Waals surface area contributed by atoms with Gasteiger partial charge in [-0.25, -0.2) is 0 Å². The van der Waals surface area contributed by atoms with E-state index < -0.39 is 5.97 Å². The van der Waals surface area contributed by atoms with Crippen molar-refractivity contribution in [2.45, 2.75) is 225 Å². The van der Waals surface area contributed by atoms with E-state index in [0.29, 0.717) is 6.42 Å². The number of hydrogen-bond donors (Lipinski definition) is 1. The Kier molecular flexibility index (Phi) is 32.6. The number of unbranched alkanes of at least 4 members (excludes halogenated alkanes) is 25. The minimum Gasteiger partial charge on any atom is -0.481 e. The SMILES string of the molecule is CCCCCCCCCCCCCCCCC(=O)OC(CCCCCCCCCC)CCCCCCCCC(=O)O. The van der Waals surface area contributed by atoms with Crippen LogP contribution in [0.3, 0.4) is 0 Å². The van der Waals surface area contributed by atoms with E-state index in [1.165, 1.54) is 128 Å². The van der Waals surface area contributed by atoms with E-state index in [1.807, 2.05) is 0 Å². The second-order valence-electron chi connectivity index (χ2n) is 12.8. The topological polar surface area (TPSA) is 63.6 Å². The van der Waals surface area contributed by atoms with Gasteiger partial charge in [-0.15, -0.1) is 0 Å². The Hall–Kier alpha value is -1.06. The Bertz CT molecular complexity index is 547. The van der Waals surface area contributed by atoms with Gasteiger partial charge in [0.05, 0.1) is 0 Å². The molecule has 41 heavy (non-hydrogen) atoms. The normalized spacial score (nSPS) is 12.0. The molecule has 0 spiro atoms. The van der Waals surface area contributed by atoms with Crippen molar-refractivity contribution in [3.63, 3.8) is 0 Å². The minimum absolute atomic E-state index is 0.0159. The van der Waals surface area contributed by atoms with Crippen molar-refractivity contribution in [3.8, 4) is 0 Å². The number of carboxylic acids is 1. The summed E-state index contributed by atoms with van der Waals surface area (Å²) in [7, 11) is 0. The van der Waals surface area contributed by atoms with Gasteiger partial charge in [0.1, 0.15) is 6.10 Å². The fraction of sp³-hybridized carbons (Fsp3) is 0.946. The van der Waals surface area contributed by atoms with Gasteiger partial charge in [-0.2, -0.15) is 0 Å². The summed E-state index contributed by atoms with van der Waals surface area (Å²) in [5.74, 6) is -0.674. The molecule has 0 aromatic carbocycles. The Labute approximate surface area is 256 Å².